The highest BCUT2D eigenvalue weighted by atomic mass is 35.5. The SMILES string of the molecule is CCCNC(C)(C(=O)O)c1ccc(F)cc1Cl. The highest BCUT2D eigenvalue weighted by Gasteiger charge is 2.36. The van der Waals surface area contributed by atoms with E-state index in [0.29, 0.717) is 12.1 Å². The van der Waals surface area contributed by atoms with Gasteiger partial charge in [-0.25, -0.2) is 9.18 Å². The first-order chi connectivity index (χ1) is 7.91. The Balaban J connectivity index is 3.17. The monoisotopic (exact) mass is 259 g/mol. The average molecular weight is 260 g/mol. The van der Waals surface area contributed by atoms with Crippen LogP contribution in [0.5, 0.6) is 0 Å². The number of carbonyl (C=O) groups is 1. The Hall–Kier alpha value is -1.13. The lowest BCUT2D eigenvalue weighted by Crippen LogP contribution is -2.47. The van der Waals surface area contributed by atoms with Crippen molar-refractivity contribution in [3.8, 4) is 0 Å². The second-order valence-corrected chi connectivity index (χ2v) is 4.39. The van der Waals surface area contributed by atoms with Crippen LogP contribution in [0.1, 0.15) is 25.8 Å². The van der Waals surface area contributed by atoms with Gasteiger partial charge in [-0.05, 0) is 32.0 Å². The van der Waals surface area contributed by atoms with Gasteiger partial charge in [0.2, 0.25) is 0 Å². The highest BCUT2D eigenvalue weighted by molar-refractivity contribution is 6.31. The fraction of sp³-hybridized carbons (Fsp3) is 0.417. The van der Waals surface area contributed by atoms with Crippen LogP contribution in [0.15, 0.2) is 18.2 Å². The summed E-state index contributed by atoms with van der Waals surface area (Å²) in [6.07, 6.45) is 0.793. The maximum absolute atomic E-state index is 12.9. The lowest BCUT2D eigenvalue weighted by Gasteiger charge is -2.27. The van der Waals surface area contributed by atoms with E-state index in [0.717, 1.165) is 12.5 Å². The van der Waals surface area contributed by atoms with Crippen molar-refractivity contribution in [2.75, 3.05) is 6.54 Å². The summed E-state index contributed by atoms with van der Waals surface area (Å²) in [5.74, 6) is -1.53. The van der Waals surface area contributed by atoms with E-state index in [2.05, 4.69) is 5.32 Å². The molecule has 0 spiro atoms. The van der Waals surface area contributed by atoms with Crippen molar-refractivity contribution in [3.63, 3.8) is 0 Å². The summed E-state index contributed by atoms with van der Waals surface area (Å²) < 4.78 is 12.9. The summed E-state index contributed by atoms with van der Waals surface area (Å²) in [4.78, 5) is 11.3. The molecule has 0 aliphatic rings. The topological polar surface area (TPSA) is 49.3 Å². The third-order valence-corrected chi connectivity index (χ3v) is 2.94. The van der Waals surface area contributed by atoms with Crippen molar-refractivity contribution in [3.05, 3.63) is 34.6 Å². The van der Waals surface area contributed by atoms with Crippen LogP contribution < -0.4 is 5.32 Å². The summed E-state index contributed by atoms with van der Waals surface area (Å²) >= 11 is 5.89. The van der Waals surface area contributed by atoms with Gasteiger partial charge in [0.05, 0.1) is 0 Å². The van der Waals surface area contributed by atoms with Gasteiger partial charge in [-0.2, -0.15) is 0 Å². The van der Waals surface area contributed by atoms with Crippen LogP contribution in [0.25, 0.3) is 0 Å². The molecule has 0 aliphatic heterocycles. The number of hydrogen-bond donors (Lipinski definition) is 2. The molecule has 3 nitrogen and oxygen atoms in total. The van der Waals surface area contributed by atoms with Crippen molar-refractivity contribution in [2.45, 2.75) is 25.8 Å². The molecule has 0 aliphatic carbocycles. The molecule has 5 heteroatoms. The minimum Gasteiger partial charge on any atom is -0.480 e. The first-order valence-corrected chi connectivity index (χ1v) is 5.73. The van der Waals surface area contributed by atoms with Gasteiger partial charge in [-0.15, -0.1) is 0 Å². The van der Waals surface area contributed by atoms with Gasteiger partial charge in [0.15, 0.2) is 0 Å². The Morgan fingerprint density at radius 3 is 2.71 bits per heavy atom. The van der Waals surface area contributed by atoms with Crippen LogP contribution in [0.3, 0.4) is 0 Å². The van der Waals surface area contributed by atoms with E-state index in [9.17, 15) is 14.3 Å². The van der Waals surface area contributed by atoms with E-state index in [1.54, 1.807) is 0 Å². The van der Waals surface area contributed by atoms with E-state index in [-0.39, 0.29) is 5.02 Å². The van der Waals surface area contributed by atoms with Crippen LogP contribution in [0.4, 0.5) is 4.39 Å². The standard InChI is InChI=1S/C12H15ClFNO2/c1-3-6-15-12(2,11(16)17)9-5-4-8(14)7-10(9)13/h4-5,7,15H,3,6H2,1-2H3,(H,16,17). The number of carboxylic acids is 1. The fourth-order valence-corrected chi connectivity index (χ4v) is 1.91. The van der Waals surface area contributed by atoms with E-state index in [1.807, 2.05) is 6.92 Å². The quantitative estimate of drug-likeness (QED) is 0.855. The van der Waals surface area contributed by atoms with Gasteiger partial charge < -0.3 is 5.11 Å². The van der Waals surface area contributed by atoms with Gasteiger partial charge in [0.25, 0.3) is 0 Å². The minimum absolute atomic E-state index is 0.110. The van der Waals surface area contributed by atoms with Gasteiger partial charge in [0.1, 0.15) is 11.4 Å². The van der Waals surface area contributed by atoms with Crippen molar-refractivity contribution < 1.29 is 14.3 Å². The number of benzene rings is 1. The number of rotatable bonds is 5. The number of halogens is 2. The Kier molecular flexibility index (Phi) is 4.48. The van der Waals surface area contributed by atoms with Crippen LogP contribution in [-0.2, 0) is 10.3 Å². The molecule has 0 aromatic heterocycles. The van der Waals surface area contributed by atoms with Gasteiger partial charge in [0, 0.05) is 10.6 Å². The highest BCUT2D eigenvalue weighted by Crippen LogP contribution is 2.29. The minimum atomic E-state index is -1.30. The maximum atomic E-state index is 12.9. The zero-order valence-corrected chi connectivity index (χ0v) is 10.5. The van der Waals surface area contributed by atoms with E-state index in [1.165, 1.54) is 19.1 Å². The largest absolute Gasteiger partial charge is 0.480 e. The number of nitrogens with one attached hydrogen (secondary N) is 1. The smallest absolute Gasteiger partial charge is 0.328 e. The summed E-state index contributed by atoms with van der Waals surface area (Å²) in [5.41, 5.74) is -0.942. The molecule has 1 atom stereocenters. The number of hydrogen-bond acceptors (Lipinski definition) is 2. The van der Waals surface area contributed by atoms with Crippen molar-refractivity contribution in [1.82, 2.24) is 5.32 Å². The predicted octanol–water partition coefficient (Wildman–Crippen LogP) is 2.78. The molecule has 0 radical (unpaired) electrons. The zero-order chi connectivity index (χ0) is 13.1. The molecular weight excluding hydrogens is 245 g/mol. The normalized spacial score (nSPS) is 14.4. The lowest BCUT2D eigenvalue weighted by molar-refractivity contribution is -0.144. The average Bonchev–Trinajstić information content (AvgIpc) is 2.25. The molecule has 1 rings (SSSR count). The fourth-order valence-electron chi connectivity index (χ4n) is 1.56. The summed E-state index contributed by atoms with van der Waals surface area (Å²) in [6, 6.07) is 3.72. The third kappa shape index (κ3) is 2.96. The van der Waals surface area contributed by atoms with Crippen LogP contribution in [-0.4, -0.2) is 17.6 Å². The van der Waals surface area contributed by atoms with Crippen molar-refractivity contribution >= 4 is 17.6 Å². The zero-order valence-electron chi connectivity index (χ0n) is 9.76. The van der Waals surface area contributed by atoms with Crippen LogP contribution >= 0.6 is 11.6 Å². The number of carboxylic acid groups (broad SMARTS) is 1. The summed E-state index contributed by atoms with van der Waals surface area (Å²) in [5, 5.41) is 12.3. The third-order valence-electron chi connectivity index (χ3n) is 2.63. The Bertz CT molecular complexity index is 425. The second-order valence-electron chi connectivity index (χ2n) is 3.98. The molecule has 1 unspecified atom stereocenters. The molecule has 0 saturated carbocycles. The molecule has 2 N–H and O–H groups in total. The molecule has 0 amide bonds. The van der Waals surface area contributed by atoms with Crippen molar-refractivity contribution in [1.29, 1.82) is 0 Å². The molecule has 1 aromatic carbocycles. The molecule has 17 heavy (non-hydrogen) atoms. The molecule has 0 fully saturated rings. The van der Waals surface area contributed by atoms with Crippen LogP contribution in [0.2, 0.25) is 5.02 Å². The maximum Gasteiger partial charge on any atom is 0.328 e. The van der Waals surface area contributed by atoms with Crippen LogP contribution in [0, 0.1) is 5.82 Å². The molecule has 0 saturated heterocycles. The van der Waals surface area contributed by atoms with E-state index >= 15 is 0 Å². The summed E-state index contributed by atoms with van der Waals surface area (Å²) in [6.45, 7) is 3.99. The van der Waals surface area contributed by atoms with E-state index < -0.39 is 17.3 Å². The first-order valence-electron chi connectivity index (χ1n) is 5.35. The predicted molar refractivity (Wildman–Crippen MR) is 64.7 cm³/mol. The molecule has 0 bridgehead atoms. The molecular formula is C12H15ClFNO2. The lowest BCUT2D eigenvalue weighted by atomic mass is 9.91. The molecule has 0 heterocycles. The van der Waals surface area contributed by atoms with Gasteiger partial charge >= 0.3 is 5.97 Å². The van der Waals surface area contributed by atoms with Gasteiger partial charge in [-0.3, -0.25) is 5.32 Å². The molecule has 94 valence electrons. The molecule has 1 aromatic rings. The second kappa shape index (κ2) is 5.47. The summed E-state index contributed by atoms with van der Waals surface area (Å²) in [7, 11) is 0. The Morgan fingerprint density at radius 1 is 1.59 bits per heavy atom. The van der Waals surface area contributed by atoms with Crippen molar-refractivity contribution in [2.24, 2.45) is 0 Å². The Labute approximate surface area is 105 Å². The number of aliphatic carboxylic acids is 1. The van der Waals surface area contributed by atoms with Gasteiger partial charge in [-0.1, -0.05) is 24.6 Å². The Morgan fingerprint density at radius 2 is 2.24 bits per heavy atom. The van der Waals surface area contributed by atoms with E-state index in [4.69, 9.17) is 11.6 Å². The first kappa shape index (κ1) is 13.9.